The van der Waals surface area contributed by atoms with Crippen LogP contribution in [0.2, 0.25) is 0 Å². The molecule has 1 aliphatic heterocycles. The van der Waals surface area contributed by atoms with Crippen molar-refractivity contribution in [3.63, 3.8) is 0 Å². The van der Waals surface area contributed by atoms with Crippen molar-refractivity contribution in [3.8, 4) is 0 Å². The van der Waals surface area contributed by atoms with Crippen LogP contribution < -0.4 is 10.6 Å². The van der Waals surface area contributed by atoms with Crippen LogP contribution in [-0.2, 0) is 4.79 Å². The molecular weight excluding hydrogens is 230 g/mol. The first-order valence-electron chi connectivity index (χ1n) is 6.69. The highest BCUT2D eigenvalue weighted by Crippen LogP contribution is 2.30. The van der Waals surface area contributed by atoms with Crippen LogP contribution >= 0.6 is 0 Å². The summed E-state index contributed by atoms with van der Waals surface area (Å²) in [6.45, 7) is 7.52. The number of rotatable bonds is 3. The monoisotopic (exact) mass is 253 g/mol. The van der Waals surface area contributed by atoms with Crippen LogP contribution in [0.1, 0.15) is 40.0 Å². The van der Waals surface area contributed by atoms with Gasteiger partial charge in [0.05, 0.1) is 6.04 Å². The second-order valence-electron chi connectivity index (χ2n) is 6.57. The molecule has 1 unspecified atom stereocenters. The quantitative estimate of drug-likeness (QED) is 0.791. The molecule has 2 fully saturated rings. The average molecular weight is 253 g/mol. The van der Waals surface area contributed by atoms with Crippen molar-refractivity contribution in [3.05, 3.63) is 0 Å². The smallest absolute Gasteiger partial charge is 0.315 e. The summed E-state index contributed by atoms with van der Waals surface area (Å²) in [6.07, 6.45) is 2.68. The maximum Gasteiger partial charge on any atom is 0.315 e. The SMILES string of the molecule is CC(C)(C)CNC(=O)NC1CC(=O)N(C2CC2)C1. The molecule has 1 saturated carbocycles. The Kier molecular flexibility index (Phi) is 3.50. The molecule has 1 saturated heterocycles. The first-order chi connectivity index (χ1) is 8.35. The third-order valence-corrected chi connectivity index (χ3v) is 3.26. The highest BCUT2D eigenvalue weighted by Gasteiger charge is 2.39. The van der Waals surface area contributed by atoms with E-state index in [0.29, 0.717) is 25.6 Å². The van der Waals surface area contributed by atoms with Gasteiger partial charge in [-0.1, -0.05) is 20.8 Å². The molecule has 102 valence electrons. The number of hydrogen-bond donors (Lipinski definition) is 2. The number of carbonyl (C=O) groups is 2. The molecular formula is C13H23N3O2. The topological polar surface area (TPSA) is 61.4 Å². The molecule has 3 amide bonds. The number of amides is 3. The molecule has 5 nitrogen and oxygen atoms in total. The minimum absolute atomic E-state index is 0.0296. The molecule has 1 aliphatic carbocycles. The molecule has 0 aromatic heterocycles. The van der Waals surface area contributed by atoms with E-state index in [1.165, 1.54) is 0 Å². The summed E-state index contributed by atoms with van der Waals surface area (Å²) in [5, 5.41) is 5.73. The zero-order valence-electron chi connectivity index (χ0n) is 11.5. The molecule has 0 aromatic carbocycles. The molecule has 0 radical (unpaired) electrons. The van der Waals surface area contributed by atoms with Gasteiger partial charge in [0.2, 0.25) is 5.91 Å². The Balaban J connectivity index is 1.73. The number of urea groups is 1. The molecule has 2 rings (SSSR count). The first kappa shape index (κ1) is 13.2. The van der Waals surface area contributed by atoms with Gasteiger partial charge in [0, 0.05) is 25.6 Å². The van der Waals surface area contributed by atoms with Crippen LogP contribution in [0.5, 0.6) is 0 Å². The summed E-state index contributed by atoms with van der Waals surface area (Å²) in [4.78, 5) is 25.3. The fourth-order valence-electron chi connectivity index (χ4n) is 2.15. The fourth-order valence-corrected chi connectivity index (χ4v) is 2.15. The lowest BCUT2D eigenvalue weighted by Crippen LogP contribution is -2.45. The lowest BCUT2D eigenvalue weighted by atomic mass is 9.97. The summed E-state index contributed by atoms with van der Waals surface area (Å²) in [6, 6.07) is 0.250. The minimum Gasteiger partial charge on any atom is -0.338 e. The highest BCUT2D eigenvalue weighted by molar-refractivity contribution is 5.82. The Bertz CT molecular complexity index is 345. The van der Waals surface area contributed by atoms with Gasteiger partial charge in [-0.2, -0.15) is 0 Å². The van der Waals surface area contributed by atoms with Gasteiger partial charge in [-0.15, -0.1) is 0 Å². The molecule has 18 heavy (non-hydrogen) atoms. The summed E-state index contributed by atoms with van der Waals surface area (Å²) in [7, 11) is 0. The lowest BCUT2D eigenvalue weighted by Gasteiger charge is -2.20. The highest BCUT2D eigenvalue weighted by atomic mass is 16.2. The van der Waals surface area contributed by atoms with Crippen molar-refractivity contribution in [1.29, 1.82) is 0 Å². The van der Waals surface area contributed by atoms with Crippen LogP contribution in [0, 0.1) is 5.41 Å². The summed E-state index contributed by atoms with van der Waals surface area (Å²) in [5.74, 6) is 0.179. The molecule has 1 atom stereocenters. The van der Waals surface area contributed by atoms with Gasteiger partial charge >= 0.3 is 6.03 Å². The van der Waals surface area contributed by atoms with Gasteiger partial charge < -0.3 is 15.5 Å². The van der Waals surface area contributed by atoms with E-state index in [0.717, 1.165) is 12.8 Å². The maximum absolute atomic E-state index is 11.7. The van der Waals surface area contributed by atoms with Gasteiger partial charge in [-0.3, -0.25) is 4.79 Å². The number of hydrogen-bond acceptors (Lipinski definition) is 2. The Hall–Kier alpha value is -1.26. The van der Waals surface area contributed by atoms with Crippen molar-refractivity contribution in [2.75, 3.05) is 13.1 Å². The zero-order chi connectivity index (χ0) is 13.3. The normalized spacial score (nSPS) is 24.3. The van der Waals surface area contributed by atoms with Crippen molar-refractivity contribution in [1.82, 2.24) is 15.5 Å². The second-order valence-corrected chi connectivity index (χ2v) is 6.57. The minimum atomic E-state index is -0.166. The molecule has 5 heteroatoms. The predicted molar refractivity (Wildman–Crippen MR) is 69.1 cm³/mol. The summed E-state index contributed by atoms with van der Waals surface area (Å²) < 4.78 is 0. The lowest BCUT2D eigenvalue weighted by molar-refractivity contribution is -0.128. The maximum atomic E-state index is 11.7. The van der Waals surface area contributed by atoms with Gasteiger partial charge in [0.1, 0.15) is 0 Å². The molecule has 0 spiro atoms. The Morgan fingerprint density at radius 3 is 2.61 bits per heavy atom. The van der Waals surface area contributed by atoms with E-state index in [-0.39, 0.29) is 23.4 Å². The summed E-state index contributed by atoms with van der Waals surface area (Å²) in [5.41, 5.74) is 0.0723. The zero-order valence-corrected chi connectivity index (χ0v) is 11.5. The van der Waals surface area contributed by atoms with Gasteiger partial charge in [0.25, 0.3) is 0 Å². The summed E-state index contributed by atoms with van der Waals surface area (Å²) >= 11 is 0. The van der Waals surface area contributed by atoms with Crippen LogP contribution in [0.3, 0.4) is 0 Å². The third-order valence-electron chi connectivity index (χ3n) is 3.26. The largest absolute Gasteiger partial charge is 0.338 e. The number of nitrogens with zero attached hydrogens (tertiary/aromatic N) is 1. The molecule has 0 aromatic rings. The Morgan fingerprint density at radius 1 is 1.39 bits per heavy atom. The van der Waals surface area contributed by atoms with Crippen molar-refractivity contribution >= 4 is 11.9 Å². The fraction of sp³-hybridized carbons (Fsp3) is 0.846. The van der Waals surface area contributed by atoms with E-state index in [9.17, 15) is 9.59 Å². The number of carbonyl (C=O) groups excluding carboxylic acids is 2. The molecule has 1 heterocycles. The van der Waals surface area contributed by atoms with E-state index >= 15 is 0 Å². The molecule has 2 N–H and O–H groups in total. The standard InChI is InChI=1S/C13H23N3O2/c1-13(2,3)8-14-12(18)15-9-6-11(17)16(7-9)10-4-5-10/h9-10H,4-8H2,1-3H3,(H2,14,15,18). The number of likely N-dealkylation sites (tertiary alicyclic amines) is 1. The van der Waals surface area contributed by atoms with Crippen LogP contribution in [0.4, 0.5) is 4.79 Å². The van der Waals surface area contributed by atoms with Crippen molar-refractivity contribution in [2.24, 2.45) is 5.41 Å². The van der Waals surface area contributed by atoms with E-state index in [1.54, 1.807) is 0 Å². The molecule has 0 bridgehead atoms. The van der Waals surface area contributed by atoms with Crippen molar-refractivity contribution in [2.45, 2.75) is 52.1 Å². The van der Waals surface area contributed by atoms with E-state index in [1.807, 2.05) is 4.90 Å². The first-order valence-corrected chi connectivity index (χ1v) is 6.69. The van der Waals surface area contributed by atoms with Crippen molar-refractivity contribution < 1.29 is 9.59 Å². The van der Waals surface area contributed by atoms with Gasteiger partial charge in [-0.05, 0) is 18.3 Å². The predicted octanol–water partition coefficient (Wildman–Crippen LogP) is 1.09. The second kappa shape index (κ2) is 4.78. The Labute approximate surface area is 108 Å². The third kappa shape index (κ3) is 3.62. The van der Waals surface area contributed by atoms with E-state index in [4.69, 9.17) is 0 Å². The Morgan fingerprint density at radius 2 is 2.06 bits per heavy atom. The number of nitrogens with one attached hydrogen (secondary N) is 2. The van der Waals surface area contributed by atoms with Gasteiger partial charge in [-0.25, -0.2) is 4.79 Å². The van der Waals surface area contributed by atoms with Crippen LogP contribution in [0.25, 0.3) is 0 Å². The van der Waals surface area contributed by atoms with Crippen LogP contribution in [-0.4, -0.2) is 42.0 Å². The average Bonchev–Trinajstić information content (AvgIpc) is 3.01. The van der Waals surface area contributed by atoms with Crippen LogP contribution in [0.15, 0.2) is 0 Å². The van der Waals surface area contributed by atoms with E-state index < -0.39 is 0 Å². The molecule has 2 aliphatic rings. The van der Waals surface area contributed by atoms with E-state index in [2.05, 4.69) is 31.4 Å². The van der Waals surface area contributed by atoms with Gasteiger partial charge in [0.15, 0.2) is 0 Å².